The lowest BCUT2D eigenvalue weighted by Crippen LogP contribution is -2.23. The van der Waals surface area contributed by atoms with E-state index in [1.165, 1.54) is 55.2 Å². The monoisotopic (exact) mass is 488 g/mol. The molecule has 192 valence electrons. The summed E-state index contributed by atoms with van der Waals surface area (Å²) in [4.78, 5) is 0. The highest BCUT2D eigenvalue weighted by atomic mass is 16.6. The molecule has 3 aliphatic rings. The standard InChI is InChI=1S/C32H40O4/c1-2-3-4-5-6-7-11-31(32-23-35-32)36-29-10-8-9-27(20-29)26-14-12-24(13-15-26)25-16-18-28(19-17-25)33-21-30-22-34-30/h8-10,12,14-20,24,30-32H,2-7,11,13,21-23H2,1H3. The van der Waals surface area contributed by atoms with Gasteiger partial charge in [0, 0.05) is 5.92 Å². The van der Waals surface area contributed by atoms with E-state index in [2.05, 4.69) is 73.7 Å². The number of benzene rings is 2. The molecule has 1 aliphatic carbocycles. The van der Waals surface area contributed by atoms with Crippen LogP contribution in [0.4, 0.5) is 0 Å². The zero-order chi connectivity index (χ0) is 24.6. The summed E-state index contributed by atoms with van der Waals surface area (Å²) in [6, 6.07) is 17.0. The first-order valence-electron chi connectivity index (χ1n) is 13.9. The third kappa shape index (κ3) is 7.47. The molecule has 0 radical (unpaired) electrons. The molecule has 0 aromatic heterocycles. The first-order valence-corrected chi connectivity index (χ1v) is 13.9. The van der Waals surface area contributed by atoms with Gasteiger partial charge in [-0.25, -0.2) is 0 Å². The normalized spacial score (nSPS) is 23.1. The van der Waals surface area contributed by atoms with E-state index in [1.54, 1.807) is 0 Å². The SMILES string of the molecule is CCCCCCCCC(Oc1cccc(C2=CCC(c3ccc(OCC4CO4)cc3)C=C2)c1)C1CO1. The van der Waals surface area contributed by atoms with Gasteiger partial charge in [0.25, 0.3) is 0 Å². The van der Waals surface area contributed by atoms with E-state index in [9.17, 15) is 0 Å². The Bertz CT molecular complexity index is 1020. The summed E-state index contributed by atoms with van der Waals surface area (Å²) in [5.74, 6) is 2.25. The lowest BCUT2D eigenvalue weighted by molar-refractivity contribution is 0.147. The molecular weight excluding hydrogens is 448 g/mol. The fraction of sp³-hybridized carbons (Fsp3) is 0.500. The largest absolute Gasteiger partial charge is 0.491 e. The van der Waals surface area contributed by atoms with Crippen molar-refractivity contribution in [1.82, 2.24) is 0 Å². The van der Waals surface area contributed by atoms with E-state index in [0.29, 0.717) is 12.5 Å². The van der Waals surface area contributed by atoms with Crippen LogP contribution in [0.5, 0.6) is 11.5 Å². The maximum atomic E-state index is 6.44. The Kier molecular flexibility index (Phi) is 8.79. The average molecular weight is 489 g/mol. The van der Waals surface area contributed by atoms with E-state index < -0.39 is 0 Å². The fourth-order valence-electron chi connectivity index (χ4n) is 4.89. The maximum Gasteiger partial charge on any atom is 0.127 e. The van der Waals surface area contributed by atoms with Gasteiger partial charge in [-0.3, -0.25) is 0 Å². The molecule has 2 fully saturated rings. The molecule has 2 aromatic carbocycles. The van der Waals surface area contributed by atoms with Crippen molar-refractivity contribution in [3.05, 3.63) is 77.9 Å². The van der Waals surface area contributed by atoms with Crippen LogP contribution in [0.25, 0.3) is 5.57 Å². The second kappa shape index (κ2) is 12.6. The van der Waals surface area contributed by atoms with E-state index in [4.69, 9.17) is 18.9 Å². The van der Waals surface area contributed by atoms with Crippen molar-refractivity contribution >= 4 is 5.57 Å². The van der Waals surface area contributed by atoms with Crippen LogP contribution < -0.4 is 9.47 Å². The lowest BCUT2D eigenvalue weighted by Gasteiger charge is -2.19. The van der Waals surface area contributed by atoms with Crippen molar-refractivity contribution in [3.63, 3.8) is 0 Å². The van der Waals surface area contributed by atoms with Gasteiger partial charge in [-0.05, 0) is 60.2 Å². The minimum atomic E-state index is 0.162. The van der Waals surface area contributed by atoms with Gasteiger partial charge in [0.15, 0.2) is 0 Å². The van der Waals surface area contributed by atoms with Crippen molar-refractivity contribution in [2.24, 2.45) is 0 Å². The van der Waals surface area contributed by atoms with Crippen LogP contribution in [0.3, 0.4) is 0 Å². The molecule has 0 amide bonds. The summed E-state index contributed by atoms with van der Waals surface area (Å²) in [6.07, 6.45) is 17.5. The Hall–Kier alpha value is -2.56. The molecule has 4 nitrogen and oxygen atoms in total. The number of hydrogen-bond donors (Lipinski definition) is 0. The van der Waals surface area contributed by atoms with Crippen molar-refractivity contribution in [2.75, 3.05) is 19.8 Å². The number of epoxide rings is 2. The molecule has 36 heavy (non-hydrogen) atoms. The van der Waals surface area contributed by atoms with Crippen LogP contribution in [0, 0.1) is 0 Å². The van der Waals surface area contributed by atoms with Crippen LogP contribution in [0.1, 0.15) is 75.3 Å². The minimum absolute atomic E-state index is 0.162. The molecule has 2 aromatic rings. The van der Waals surface area contributed by atoms with E-state index in [1.807, 2.05) is 0 Å². The Labute approximate surface area is 216 Å². The highest BCUT2D eigenvalue weighted by molar-refractivity contribution is 5.76. The molecular formula is C32H40O4. The Morgan fingerprint density at radius 3 is 2.44 bits per heavy atom. The topological polar surface area (TPSA) is 43.5 Å². The van der Waals surface area contributed by atoms with Gasteiger partial charge in [0.05, 0.1) is 13.2 Å². The first kappa shape index (κ1) is 25.1. The first-order chi connectivity index (χ1) is 17.8. The molecule has 4 heteroatoms. The van der Waals surface area contributed by atoms with Crippen LogP contribution in [-0.4, -0.2) is 38.1 Å². The number of allylic oxidation sites excluding steroid dienone is 4. The molecule has 4 atom stereocenters. The Balaban J connectivity index is 1.13. The molecule has 0 saturated carbocycles. The number of unbranched alkanes of at least 4 members (excludes halogenated alkanes) is 5. The van der Waals surface area contributed by atoms with Crippen LogP contribution in [-0.2, 0) is 9.47 Å². The smallest absolute Gasteiger partial charge is 0.127 e. The molecule has 2 aliphatic heterocycles. The zero-order valence-corrected chi connectivity index (χ0v) is 21.6. The molecule has 0 N–H and O–H groups in total. The molecule has 4 unspecified atom stereocenters. The van der Waals surface area contributed by atoms with Gasteiger partial charge in [0.2, 0.25) is 0 Å². The van der Waals surface area contributed by atoms with Crippen molar-refractivity contribution < 1.29 is 18.9 Å². The summed E-state index contributed by atoms with van der Waals surface area (Å²) in [6.45, 7) is 4.56. The summed E-state index contributed by atoms with van der Waals surface area (Å²) in [5, 5.41) is 0. The molecule has 0 spiro atoms. The second-order valence-corrected chi connectivity index (χ2v) is 10.3. The van der Waals surface area contributed by atoms with Gasteiger partial charge in [-0.2, -0.15) is 0 Å². The zero-order valence-electron chi connectivity index (χ0n) is 21.6. The van der Waals surface area contributed by atoms with Crippen molar-refractivity contribution in [2.45, 2.75) is 82.5 Å². The summed E-state index contributed by atoms with van der Waals surface area (Å²) >= 11 is 0. The minimum Gasteiger partial charge on any atom is -0.491 e. The number of ether oxygens (including phenoxy) is 4. The predicted octanol–water partition coefficient (Wildman–Crippen LogP) is 7.49. The molecule has 5 rings (SSSR count). The maximum absolute atomic E-state index is 6.44. The van der Waals surface area contributed by atoms with Crippen LogP contribution in [0.15, 0.2) is 66.8 Å². The van der Waals surface area contributed by atoms with Gasteiger partial charge >= 0.3 is 0 Å². The van der Waals surface area contributed by atoms with E-state index in [-0.39, 0.29) is 18.3 Å². The summed E-state index contributed by atoms with van der Waals surface area (Å²) in [5.41, 5.74) is 3.79. The van der Waals surface area contributed by atoms with Crippen molar-refractivity contribution in [3.8, 4) is 11.5 Å². The highest BCUT2D eigenvalue weighted by Crippen LogP contribution is 2.33. The number of rotatable bonds is 15. The Morgan fingerprint density at radius 1 is 0.917 bits per heavy atom. The molecule has 0 bridgehead atoms. The van der Waals surface area contributed by atoms with Crippen molar-refractivity contribution in [1.29, 1.82) is 0 Å². The molecule has 2 heterocycles. The van der Waals surface area contributed by atoms with Gasteiger partial charge in [0.1, 0.15) is 36.4 Å². The highest BCUT2D eigenvalue weighted by Gasteiger charge is 2.34. The summed E-state index contributed by atoms with van der Waals surface area (Å²) in [7, 11) is 0. The summed E-state index contributed by atoms with van der Waals surface area (Å²) < 4.78 is 23.0. The second-order valence-electron chi connectivity index (χ2n) is 10.3. The lowest BCUT2D eigenvalue weighted by atomic mass is 9.88. The third-order valence-corrected chi connectivity index (χ3v) is 7.32. The van der Waals surface area contributed by atoms with Gasteiger partial charge < -0.3 is 18.9 Å². The van der Waals surface area contributed by atoms with Gasteiger partial charge in [-0.1, -0.05) is 81.5 Å². The van der Waals surface area contributed by atoms with Crippen LogP contribution in [0.2, 0.25) is 0 Å². The quantitative estimate of drug-likeness (QED) is 0.192. The van der Waals surface area contributed by atoms with Gasteiger partial charge in [-0.15, -0.1) is 0 Å². The fourth-order valence-corrected chi connectivity index (χ4v) is 4.89. The predicted molar refractivity (Wildman–Crippen MR) is 145 cm³/mol. The Morgan fingerprint density at radius 2 is 1.72 bits per heavy atom. The third-order valence-electron chi connectivity index (χ3n) is 7.32. The average Bonchev–Trinajstić information content (AvgIpc) is 3.84. The number of hydrogen-bond acceptors (Lipinski definition) is 4. The molecule has 2 saturated heterocycles. The van der Waals surface area contributed by atoms with E-state index in [0.717, 1.165) is 37.6 Å². The van der Waals surface area contributed by atoms with Crippen LogP contribution >= 0.6 is 0 Å². The van der Waals surface area contributed by atoms with E-state index >= 15 is 0 Å².